The average molecular weight is 344 g/mol. The fraction of sp³-hybridized carbons (Fsp3) is 0.176. The summed E-state index contributed by atoms with van der Waals surface area (Å²) in [6.45, 7) is -0.0287. The second kappa shape index (κ2) is 7.00. The van der Waals surface area contributed by atoms with Gasteiger partial charge in [-0.3, -0.25) is 4.79 Å². The van der Waals surface area contributed by atoms with E-state index in [1.807, 2.05) is 0 Å². The largest absolute Gasteiger partial charge is 0.508 e. The van der Waals surface area contributed by atoms with E-state index in [2.05, 4.69) is 5.32 Å². The summed E-state index contributed by atoms with van der Waals surface area (Å²) in [5.74, 6) is -0.0879. The highest BCUT2D eigenvalue weighted by molar-refractivity contribution is 5.96. The number of esters is 1. The Bertz CT molecular complexity index is 821. The van der Waals surface area contributed by atoms with Crippen molar-refractivity contribution in [2.24, 2.45) is 0 Å². The number of amides is 1. The maximum Gasteiger partial charge on any atom is 0.340 e. The van der Waals surface area contributed by atoms with E-state index in [4.69, 9.17) is 19.9 Å². The second-order valence-corrected chi connectivity index (χ2v) is 5.31. The summed E-state index contributed by atoms with van der Waals surface area (Å²) >= 11 is 0. The number of hydrogen-bond acceptors (Lipinski definition) is 7. The van der Waals surface area contributed by atoms with Gasteiger partial charge in [-0.1, -0.05) is 6.07 Å². The molecule has 130 valence electrons. The highest BCUT2D eigenvalue weighted by Crippen LogP contribution is 2.32. The predicted molar refractivity (Wildman–Crippen MR) is 87.2 cm³/mol. The Balaban J connectivity index is 1.49. The Kier molecular flexibility index (Phi) is 4.60. The number of benzene rings is 2. The van der Waals surface area contributed by atoms with Crippen LogP contribution in [0.2, 0.25) is 0 Å². The fourth-order valence-electron chi connectivity index (χ4n) is 2.23. The van der Waals surface area contributed by atoms with Gasteiger partial charge < -0.3 is 30.4 Å². The number of phenolic OH excluding ortho intramolecular Hbond substituents is 1. The summed E-state index contributed by atoms with van der Waals surface area (Å²) in [4.78, 5) is 23.7. The summed E-state index contributed by atoms with van der Waals surface area (Å²) < 4.78 is 15.4. The molecule has 0 aromatic heterocycles. The summed E-state index contributed by atoms with van der Waals surface area (Å²) in [7, 11) is 0. The van der Waals surface area contributed by atoms with Gasteiger partial charge in [0.05, 0.1) is 5.56 Å². The maximum absolute atomic E-state index is 11.9. The number of ether oxygens (including phenoxy) is 3. The van der Waals surface area contributed by atoms with Crippen molar-refractivity contribution in [3.8, 4) is 17.2 Å². The number of hydrogen-bond donors (Lipinski definition) is 3. The first-order valence-electron chi connectivity index (χ1n) is 7.44. The van der Waals surface area contributed by atoms with Crippen LogP contribution in [-0.4, -0.2) is 30.4 Å². The first-order chi connectivity index (χ1) is 12.0. The standard InChI is InChI=1S/C17H16N2O6/c18-13-3-2-11(20)6-12(13)17(22)23-8-16(21)19-7-10-1-4-14-15(5-10)25-9-24-14/h1-6,20H,7-9,18H2,(H,19,21). The number of nitrogens with one attached hydrogen (secondary N) is 1. The minimum absolute atomic E-state index is 0.00331. The molecule has 0 saturated carbocycles. The van der Waals surface area contributed by atoms with Crippen molar-refractivity contribution in [1.29, 1.82) is 0 Å². The van der Waals surface area contributed by atoms with Crippen molar-refractivity contribution >= 4 is 17.6 Å². The molecule has 3 rings (SSSR count). The van der Waals surface area contributed by atoms with Gasteiger partial charge in [0.15, 0.2) is 18.1 Å². The van der Waals surface area contributed by atoms with E-state index >= 15 is 0 Å². The molecule has 0 aliphatic carbocycles. The molecular formula is C17H16N2O6. The Morgan fingerprint density at radius 3 is 2.80 bits per heavy atom. The van der Waals surface area contributed by atoms with E-state index in [-0.39, 0.29) is 30.3 Å². The first-order valence-corrected chi connectivity index (χ1v) is 7.44. The van der Waals surface area contributed by atoms with Crippen molar-refractivity contribution in [2.45, 2.75) is 6.54 Å². The fourth-order valence-corrected chi connectivity index (χ4v) is 2.23. The highest BCUT2D eigenvalue weighted by Gasteiger charge is 2.15. The Morgan fingerprint density at radius 2 is 1.96 bits per heavy atom. The molecule has 0 saturated heterocycles. The third-order valence-corrected chi connectivity index (χ3v) is 3.52. The predicted octanol–water partition coefficient (Wildman–Crippen LogP) is 1.18. The second-order valence-electron chi connectivity index (χ2n) is 5.31. The highest BCUT2D eigenvalue weighted by atomic mass is 16.7. The van der Waals surface area contributed by atoms with Crippen molar-refractivity contribution in [1.82, 2.24) is 5.32 Å². The number of carbonyl (C=O) groups is 2. The van der Waals surface area contributed by atoms with Gasteiger partial charge in [0.25, 0.3) is 5.91 Å². The molecule has 0 radical (unpaired) electrons. The summed E-state index contributed by atoms with van der Waals surface area (Å²) in [5, 5.41) is 12.0. The molecule has 0 bridgehead atoms. The van der Waals surface area contributed by atoms with E-state index in [1.165, 1.54) is 18.2 Å². The van der Waals surface area contributed by atoms with Crippen LogP contribution >= 0.6 is 0 Å². The lowest BCUT2D eigenvalue weighted by molar-refractivity contribution is -0.124. The van der Waals surface area contributed by atoms with Gasteiger partial charge in [-0.15, -0.1) is 0 Å². The average Bonchev–Trinajstić information content (AvgIpc) is 3.07. The molecule has 1 aliphatic rings. The van der Waals surface area contributed by atoms with Gasteiger partial charge >= 0.3 is 5.97 Å². The van der Waals surface area contributed by atoms with Crippen molar-refractivity contribution < 1.29 is 28.9 Å². The molecule has 2 aromatic carbocycles. The van der Waals surface area contributed by atoms with Crippen LogP contribution in [0.15, 0.2) is 36.4 Å². The molecule has 4 N–H and O–H groups in total. The number of rotatable bonds is 5. The van der Waals surface area contributed by atoms with E-state index in [1.54, 1.807) is 18.2 Å². The van der Waals surface area contributed by atoms with Crippen molar-refractivity contribution in [2.75, 3.05) is 19.1 Å². The zero-order chi connectivity index (χ0) is 17.8. The maximum atomic E-state index is 11.9. The molecule has 0 atom stereocenters. The molecular weight excluding hydrogens is 328 g/mol. The van der Waals surface area contributed by atoms with Crippen LogP contribution in [0.5, 0.6) is 17.2 Å². The lowest BCUT2D eigenvalue weighted by Gasteiger charge is -2.09. The third-order valence-electron chi connectivity index (χ3n) is 3.52. The molecule has 25 heavy (non-hydrogen) atoms. The van der Waals surface area contributed by atoms with E-state index in [0.29, 0.717) is 11.5 Å². The van der Waals surface area contributed by atoms with Gasteiger partial charge in [-0.25, -0.2) is 4.79 Å². The van der Waals surface area contributed by atoms with Crippen LogP contribution in [0.4, 0.5) is 5.69 Å². The van der Waals surface area contributed by atoms with E-state index < -0.39 is 18.5 Å². The molecule has 1 aliphatic heterocycles. The number of aromatic hydroxyl groups is 1. The van der Waals surface area contributed by atoms with Crippen LogP contribution in [0.1, 0.15) is 15.9 Å². The van der Waals surface area contributed by atoms with Gasteiger partial charge in [0.2, 0.25) is 6.79 Å². The van der Waals surface area contributed by atoms with Crippen LogP contribution in [0.25, 0.3) is 0 Å². The topological polar surface area (TPSA) is 120 Å². The van der Waals surface area contributed by atoms with Crippen LogP contribution in [0.3, 0.4) is 0 Å². The number of carbonyl (C=O) groups excluding carboxylic acids is 2. The Hall–Kier alpha value is -3.42. The monoisotopic (exact) mass is 344 g/mol. The Labute approximate surface area is 143 Å². The van der Waals surface area contributed by atoms with Gasteiger partial charge in [-0.05, 0) is 35.9 Å². The number of fused-ring (bicyclic) bond motifs is 1. The third kappa shape index (κ3) is 3.92. The lowest BCUT2D eigenvalue weighted by atomic mass is 10.2. The van der Waals surface area contributed by atoms with Gasteiger partial charge in [0, 0.05) is 12.2 Å². The van der Waals surface area contributed by atoms with Gasteiger partial charge in [-0.2, -0.15) is 0 Å². The van der Waals surface area contributed by atoms with Crippen LogP contribution in [-0.2, 0) is 16.1 Å². The normalized spacial score (nSPS) is 11.8. The number of nitrogen functional groups attached to an aromatic ring is 1. The Morgan fingerprint density at radius 1 is 1.16 bits per heavy atom. The molecule has 2 aromatic rings. The van der Waals surface area contributed by atoms with Gasteiger partial charge in [0.1, 0.15) is 5.75 Å². The quantitative estimate of drug-likeness (QED) is 0.423. The molecule has 8 nitrogen and oxygen atoms in total. The number of anilines is 1. The molecule has 8 heteroatoms. The molecule has 0 fully saturated rings. The van der Waals surface area contributed by atoms with E-state index in [0.717, 1.165) is 5.56 Å². The minimum atomic E-state index is -0.786. The van der Waals surface area contributed by atoms with Crippen molar-refractivity contribution in [3.63, 3.8) is 0 Å². The smallest absolute Gasteiger partial charge is 0.340 e. The number of nitrogens with two attached hydrogens (primary N) is 1. The summed E-state index contributed by atoms with van der Waals surface area (Å²) in [6.07, 6.45) is 0. The molecule has 0 spiro atoms. The lowest BCUT2D eigenvalue weighted by Crippen LogP contribution is -2.28. The zero-order valence-corrected chi connectivity index (χ0v) is 13.2. The SMILES string of the molecule is Nc1ccc(O)cc1C(=O)OCC(=O)NCc1ccc2c(c1)OCO2. The molecule has 0 unspecified atom stereocenters. The van der Waals surface area contributed by atoms with Crippen LogP contribution in [0, 0.1) is 0 Å². The molecule has 1 amide bonds. The van der Waals surface area contributed by atoms with Crippen molar-refractivity contribution in [3.05, 3.63) is 47.5 Å². The first kappa shape index (κ1) is 16.4. The van der Waals surface area contributed by atoms with E-state index in [9.17, 15) is 14.7 Å². The summed E-state index contributed by atoms with van der Waals surface area (Å²) in [5.41, 5.74) is 6.62. The summed E-state index contributed by atoms with van der Waals surface area (Å²) in [6, 6.07) is 9.24. The minimum Gasteiger partial charge on any atom is -0.508 e. The molecule has 1 heterocycles. The number of phenols is 1. The van der Waals surface area contributed by atoms with Crippen LogP contribution < -0.4 is 20.5 Å². The zero-order valence-electron chi connectivity index (χ0n) is 13.2.